The van der Waals surface area contributed by atoms with E-state index in [9.17, 15) is 24.9 Å². The number of phenolic OH excluding ortho intramolecular Hbond substituents is 3. The van der Waals surface area contributed by atoms with Gasteiger partial charge >= 0.3 is 0 Å². The minimum atomic E-state index is -0.731. The Bertz CT molecular complexity index is 447. The van der Waals surface area contributed by atoms with Crippen molar-refractivity contribution in [1.82, 2.24) is 0 Å². The first-order valence-electron chi connectivity index (χ1n) is 5.39. The highest BCUT2D eigenvalue weighted by Crippen LogP contribution is 2.44. The summed E-state index contributed by atoms with van der Waals surface area (Å²) in [5, 5.41) is 31.8. The normalized spacial score (nSPS) is 10.4. The van der Waals surface area contributed by atoms with E-state index in [2.05, 4.69) is 5.32 Å². The Morgan fingerprint density at radius 3 is 1.78 bits per heavy atom. The summed E-state index contributed by atoms with van der Waals surface area (Å²) < 4.78 is 0. The van der Waals surface area contributed by atoms with E-state index in [0.717, 1.165) is 0 Å². The van der Waals surface area contributed by atoms with Crippen molar-refractivity contribution in [1.29, 1.82) is 0 Å². The SMILES string of the molecule is CC(C)CNc1c(O)c(C=O)c(O)c(C=O)c1O. The van der Waals surface area contributed by atoms with Gasteiger partial charge in [-0.2, -0.15) is 0 Å². The average molecular weight is 253 g/mol. The Morgan fingerprint density at radius 1 is 1.00 bits per heavy atom. The van der Waals surface area contributed by atoms with Gasteiger partial charge in [0, 0.05) is 6.54 Å². The lowest BCUT2D eigenvalue weighted by Gasteiger charge is -2.15. The van der Waals surface area contributed by atoms with E-state index < -0.39 is 28.4 Å². The molecular weight excluding hydrogens is 238 g/mol. The minimum absolute atomic E-state index is 0.134. The molecule has 4 N–H and O–H groups in total. The average Bonchev–Trinajstić information content (AvgIpc) is 2.29. The molecule has 6 nitrogen and oxygen atoms in total. The monoisotopic (exact) mass is 253 g/mol. The van der Waals surface area contributed by atoms with Crippen LogP contribution in [0.3, 0.4) is 0 Å². The summed E-state index contributed by atoms with van der Waals surface area (Å²) >= 11 is 0. The van der Waals surface area contributed by atoms with Crippen molar-refractivity contribution in [2.75, 3.05) is 11.9 Å². The molecule has 0 saturated heterocycles. The van der Waals surface area contributed by atoms with E-state index >= 15 is 0 Å². The number of phenols is 3. The van der Waals surface area contributed by atoms with Crippen molar-refractivity contribution >= 4 is 18.3 Å². The molecule has 0 heterocycles. The van der Waals surface area contributed by atoms with Gasteiger partial charge in [0.25, 0.3) is 0 Å². The van der Waals surface area contributed by atoms with E-state index in [4.69, 9.17) is 0 Å². The van der Waals surface area contributed by atoms with Crippen LogP contribution in [0.25, 0.3) is 0 Å². The van der Waals surface area contributed by atoms with Crippen LogP contribution in [0.5, 0.6) is 17.2 Å². The van der Waals surface area contributed by atoms with Crippen molar-refractivity contribution < 1.29 is 24.9 Å². The van der Waals surface area contributed by atoms with Crippen molar-refractivity contribution in [3.8, 4) is 17.2 Å². The predicted molar refractivity (Wildman–Crippen MR) is 65.5 cm³/mol. The van der Waals surface area contributed by atoms with E-state index in [1.165, 1.54) is 0 Å². The highest BCUT2D eigenvalue weighted by molar-refractivity contribution is 5.98. The summed E-state index contributed by atoms with van der Waals surface area (Å²) in [6.07, 6.45) is 0.440. The molecule has 0 amide bonds. The maximum Gasteiger partial charge on any atom is 0.157 e. The van der Waals surface area contributed by atoms with Gasteiger partial charge in [0.2, 0.25) is 0 Å². The number of aromatic hydroxyl groups is 3. The summed E-state index contributed by atoms with van der Waals surface area (Å²) in [7, 11) is 0. The summed E-state index contributed by atoms with van der Waals surface area (Å²) in [4.78, 5) is 21.5. The standard InChI is InChI=1S/C12H15NO5/c1-6(2)3-13-9-11(17)7(4-14)10(16)8(5-15)12(9)18/h4-6,13,16-18H,3H2,1-2H3. The van der Waals surface area contributed by atoms with Crippen LogP contribution in [0.2, 0.25) is 0 Å². The lowest BCUT2D eigenvalue weighted by molar-refractivity contribution is 0.111. The molecule has 0 unspecified atom stereocenters. The van der Waals surface area contributed by atoms with Gasteiger partial charge in [-0.3, -0.25) is 9.59 Å². The Hall–Kier alpha value is -2.24. The molecule has 0 aliphatic heterocycles. The molecule has 1 aromatic rings. The number of hydrogen-bond donors (Lipinski definition) is 4. The van der Waals surface area contributed by atoms with Crippen LogP contribution in [0.1, 0.15) is 34.6 Å². The summed E-state index contributed by atoms with van der Waals surface area (Å²) in [6.45, 7) is 4.23. The molecule has 0 aliphatic carbocycles. The number of aldehydes is 2. The Balaban J connectivity index is 3.40. The number of nitrogens with one attached hydrogen (secondary N) is 1. The molecule has 0 aromatic heterocycles. The van der Waals surface area contributed by atoms with Gasteiger partial charge in [0.15, 0.2) is 24.1 Å². The highest BCUT2D eigenvalue weighted by atomic mass is 16.3. The number of hydrogen-bond acceptors (Lipinski definition) is 6. The van der Waals surface area contributed by atoms with Crippen LogP contribution in [0, 0.1) is 5.92 Å². The van der Waals surface area contributed by atoms with Crippen molar-refractivity contribution in [3.05, 3.63) is 11.1 Å². The lowest BCUT2D eigenvalue weighted by Crippen LogP contribution is -2.09. The third-order valence-corrected chi connectivity index (χ3v) is 2.42. The zero-order chi connectivity index (χ0) is 13.9. The Labute approximate surface area is 104 Å². The highest BCUT2D eigenvalue weighted by Gasteiger charge is 2.22. The zero-order valence-corrected chi connectivity index (χ0v) is 10.1. The minimum Gasteiger partial charge on any atom is -0.506 e. The van der Waals surface area contributed by atoms with Gasteiger partial charge in [-0.25, -0.2) is 0 Å². The molecule has 0 atom stereocenters. The largest absolute Gasteiger partial charge is 0.506 e. The molecule has 1 aromatic carbocycles. The van der Waals surface area contributed by atoms with Crippen LogP contribution >= 0.6 is 0 Å². The molecule has 0 fully saturated rings. The molecule has 0 spiro atoms. The zero-order valence-electron chi connectivity index (χ0n) is 10.1. The van der Waals surface area contributed by atoms with Crippen molar-refractivity contribution in [2.45, 2.75) is 13.8 Å². The first-order valence-corrected chi connectivity index (χ1v) is 5.39. The first kappa shape index (κ1) is 13.8. The summed E-state index contributed by atoms with van der Waals surface area (Å²) in [5.74, 6) is -1.67. The van der Waals surface area contributed by atoms with E-state index in [1.54, 1.807) is 0 Å². The van der Waals surface area contributed by atoms with Gasteiger partial charge in [-0.05, 0) is 5.92 Å². The van der Waals surface area contributed by atoms with Crippen LogP contribution in [-0.4, -0.2) is 34.4 Å². The fraction of sp³-hybridized carbons (Fsp3) is 0.333. The second-order valence-electron chi connectivity index (χ2n) is 4.26. The third kappa shape index (κ3) is 2.37. The molecule has 0 saturated carbocycles. The third-order valence-electron chi connectivity index (χ3n) is 2.42. The second kappa shape index (κ2) is 5.39. The van der Waals surface area contributed by atoms with Gasteiger partial charge in [0.1, 0.15) is 22.6 Å². The number of carbonyl (C=O) groups excluding carboxylic acids is 2. The molecule has 0 aliphatic rings. The fourth-order valence-corrected chi connectivity index (χ4v) is 1.45. The predicted octanol–water partition coefficient (Wildman–Crippen LogP) is 1.50. The summed E-state index contributed by atoms with van der Waals surface area (Å²) in [6, 6.07) is 0. The number of anilines is 1. The number of carbonyl (C=O) groups is 2. The fourth-order valence-electron chi connectivity index (χ4n) is 1.45. The molecule has 1 rings (SSSR count). The topological polar surface area (TPSA) is 107 Å². The van der Waals surface area contributed by atoms with Crippen LogP contribution < -0.4 is 5.32 Å². The van der Waals surface area contributed by atoms with Crippen LogP contribution in [0.4, 0.5) is 5.69 Å². The molecule has 0 radical (unpaired) electrons. The smallest absolute Gasteiger partial charge is 0.157 e. The number of rotatable bonds is 5. The first-order chi connectivity index (χ1) is 8.43. The quantitative estimate of drug-likeness (QED) is 0.360. The Kier molecular flexibility index (Phi) is 4.14. The molecule has 18 heavy (non-hydrogen) atoms. The van der Waals surface area contributed by atoms with Crippen molar-refractivity contribution in [3.63, 3.8) is 0 Å². The number of benzene rings is 1. The van der Waals surface area contributed by atoms with Crippen LogP contribution in [-0.2, 0) is 0 Å². The van der Waals surface area contributed by atoms with E-state index in [1.807, 2.05) is 13.8 Å². The second-order valence-corrected chi connectivity index (χ2v) is 4.26. The van der Waals surface area contributed by atoms with Gasteiger partial charge < -0.3 is 20.6 Å². The molecule has 98 valence electrons. The lowest BCUT2D eigenvalue weighted by atomic mass is 10.0. The summed E-state index contributed by atoms with van der Waals surface area (Å²) in [5.41, 5.74) is -0.993. The maximum absolute atomic E-state index is 10.8. The molecular formula is C12H15NO5. The molecule has 0 bridgehead atoms. The van der Waals surface area contributed by atoms with Gasteiger partial charge in [0.05, 0.1) is 0 Å². The van der Waals surface area contributed by atoms with Gasteiger partial charge in [-0.1, -0.05) is 13.8 Å². The maximum atomic E-state index is 10.8. The molecule has 6 heteroatoms. The van der Waals surface area contributed by atoms with Crippen LogP contribution in [0.15, 0.2) is 0 Å². The van der Waals surface area contributed by atoms with E-state index in [-0.39, 0.29) is 24.2 Å². The van der Waals surface area contributed by atoms with E-state index in [0.29, 0.717) is 6.54 Å². The van der Waals surface area contributed by atoms with Crippen molar-refractivity contribution in [2.24, 2.45) is 5.92 Å². The Morgan fingerprint density at radius 2 is 1.44 bits per heavy atom. The van der Waals surface area contributed by atoms with Gasteiger partial charge in [-0.15, -0.1) is 0 Å².